The first kappa shape index (κ1) is 15.2. The zero-order valence-corrected chi connectivity index (χ0v) is 12.9. The molecule has 23 heavy (non-hydrogen) atoms. The van der Waals surface area contributed by atoms with Crippen LogP contribution in [0.4, 0.5) is 4.39 Å². The molecule has 1 aromatic heterocycles. The fraction of sp³-hybridized carbons (Fsp3) is 0.158. The third kappa shape index (κ3) is 3.92. The molecule has 0 unspecified atom stereocenters. The first-order chi connectivity index (χ1) is 11.2. The number of nitrogens with zero attached hydrogens (tertiary/aromatic N) is 2. The van der Waals surface area contributed by atoms with Gasteiger partial charge in [-0.25, -0.2) is 9.37 Å². The molecule has 0 saturated carbocycles. The molecule has 0 N–H and O–H groups in total. The van der Waals surface area contributed by atoms with Gasteiger partial charge in [-0.2, -0.15) is 4.98 Å². The first-order valence-electron chi connectivity index (χ1n) is 7.55. The van der Waals surface area contributed by atoms with Crippen LogP contribution in [-0.4, -0.2) is 9.97 Å². The van der Waals surface area contributed by atoms with Gasteiger partial charge in [0.15, 0.2) is 5.82 Å². The third-order valence-corrected chi connectivity index (χ3v) is 3.43. The lowest BCUT2D eigenvalue weighted by molar-refractivity contribution is 0.292. The van der Waals surface area contributed by atoms with Gasteiger partial charge in [0.25, 0.3) is 0 Å². The third-order valence-electron chi connectivity index (χ3n) is 3.43. The molecule has 0 bridgehead atoms. The molecule has 0 saturated heterocycles. The number of aromatic nitrogens is 2. The Bertz CT molecular complexity index is 790. The summed E-state index contributed by atoms with van der Waals surface area (Å²) in [7, 11) is 0. The van der Waals surface area contributed by atoms with Crippen LogP contribution in [0.2, 0.25) is 0 Å². The van der Waals surface area contributed by atoms with Gasteiger partial charge in [0, 0.05) is 17.3 Å². The van der Waals surface area contributed by atoms with Crippen LogP contribution in [0.25, 0.3) is 11.4 Å². The zero-order chi connectivity index (χ0) is 16.1. The van der Waals surface area contributed by atoms with E-state index in [1.54, 1.807) is 6.07 Å². The molecule has 1 heterocycles. The maximum Gasteiger partial charge on any atom is 0.217 e. The van der Waals surface area contributed by atoms with Crippen LogP contribution in [0.1, 0.15) is 18.2 Å². The topological polar surface area (TPSA) is 35.0 Å². The number of halogens is 1. The first-order valence-corrected chi connectivity index (χ1v) is 7.55. The van der Waals surface area contributed by atoms with Crippen LogP contribution in [-0.2, 0) is 13.0 Å². The summed E-state index contributed by atoms with van der Waals surface area (Å²) in [5.74, 6) is 0.868. The minimum Gasteiger partial charge on any atom is -0.473 e. The van der Waals surface area contributed by atoms with Crippen molar-refractivity contribution in [3.8, 4) is 17.3 Å². The van der Waals surface area contributed by atoms with E-state index in [4.69, 9.17) is 4.74 Å². The maximum absolute atomic E-state index is 13.2. The molecule has 0 spiro atoms. The lowest BCUT2D eigenvalue weighted by Crippen LogP contribution is -2.02. The molecule has 116 valence electrons. The monoisotopic (exact) mass is 308 g/mol. The fourth-order valence-corrected chi connectivity index (χ4v) is 2.23. The molecule has 4 heteroatoms. The maximum atomic E-state index is 13.2. The normalized spacial score (nSPS) is 10.5. The zero-order valence-electron chi connectivity index (χ0n) is 12.9. The standard InChI is InChI=1S/C19H17FN2O/c1-2-17-12-18(23-13-14-7-6-10-16(20)11-14)22-19(21-17)15-8-4-3-5-9-15/h3-12H,2,13H2,1H3. The van der Waals surface area contributed by atoms with E-state index in [2.05, 4.69) is 9.97 Å². The lowest BCUT2D eigenvalue weighted by Gasteiger charge is -2.09. The summed E-state index contributed by atoms with van der Waals surface area (Å²) in [6.45, 7) is 2.31. The Balaban J connectivity index is 1.84. The molecule has 3 nitrogen and oxygen atoms in total. The average molecular weight is 308 g/mol. The van der Waals surface area contributed by atoms with Gasteiger partial charge in [-0.1, -0.05) is 49.4 Å². The second-order valence-corrected chi connectivity index (χ2v) is 5.16. The predicted octanol–water partition coefficient (Wildman–Crippen LogP) is 4.42. The molecule has 0 aliphatic rings. The minimum atomic E-state index is -0.270. The molecule has 3 aromatic rings. The molecule has 2 aromatic carbocycles. The largest absolute Gasteiger partial charge is 0.473 e. The number of hydrogen-bond acceptors (Lipinski definition) is 3. The van der Waals surface area contributed by atoms with Crippen LogP contribution >= 0.6 is 0 Å². The van der Waals surface area contributed by atoms with E-state index in [1.807, 2.05) is 49.4 Å². The van der Waals surface area contributed by atoms with Gasteiger partial charge < -0.3 is 4.74 Å². The van der Waals surface area contributed by atoms with E-state index in [1.165, 1.54) is 12.1 Å². The summed E-state index contributed by atoms with van der Waals surface area (Å²) in [5.41, 5.74) is 2.62. The number of rotatable bonds is 5. The Kier molecular flexibility index (Phi) is 4.62. The second-order valence-electron chi connectivity index (χ2n) is 5.16. The van der Waals surface area contributed by atoms with Gasteiger partial charge in [0.2, 0.25) is 5.88 Å². The van der Waals surface area contributed by atoms with E-state index < -0.39 is 0 Å². The summed E-state index contributed by atoms with van der Waals surface area (Å²) in [4.78, 5) is 9.00. The Morgan fingerprint density at radius 3 is 2.52 bits per heavy atom. The number of benzene rings is 2. The van der Waals surface area contributed by atoms with Crippen molar-refractivity contribution in [1.82, 2.24) is 9.97 Å². The van der Waals surface area contributed by atoms with Crippen molar-refractivity contribution in [3.05, 3.63) is 77.7 Å². The Morgan fingerprint density at radius 1 is 0.957 bits per heavy atom. The average Bonchev–Trinajstić information content (AvgIpc) is 2.60. The number of aryl methyl sites for hydroxylation is 1. The van der Waals surface area contributed by atoms with E-state index in [0.29, 0.717) is 11.7 Å². The van der Waals surface area contributed by atoms with Crippen LogP contribution < -0.4 is 4.74 Å². The SMILES string of the molecule is CCc1cc(OCc2cccc(F)c2)nc(-c2ccccc2)n1. The molecular formula is C19H17FN2O. The van der Waals surface area contributed by atoms with Crippen LogP contribution in [0.15, 0.2) is 60.7 Å². The summed E-state index contributed by atoms with van der Waals surface area (Å²) in [6.07, 6.45) is 0.790. The van der Waals surface area contributed by atoms with Crippen molar-refractivity contribution in [1.29, 1.82) is 0 Å². The summed E-state index contributed by atoms with van der Waals surface area (Å²) < 4.78 is 18.9. The fourth-order valence-electron chi connectivity index (χ4n) is 2.23. The van der Waals surface area contributed by atoms with Crippen molar-refractivity contribution in [3.63, 3.8) is 0 Å². The highest BCUT2D eigenvalue weighted by molar-refractivity contribution is 5.55. The lowest BCUT2D eigenvalue weighted by atomic mass is 10.2. The van der Waals surface area contributed by atoms with Crippen LogP contribution in [0.5, 0.6) is 5.88 Å². The van der Waals surface area contributed by atoms with E-state index in [0.717, 1.165) is 23.2 Å². The van der Waals surface area contributed by atoms with Gasteiger partial charge in [-0.3, -0.25) is 0 Å². The van der Waals surface area contributed by atoms with Gasteiger partial charge >= 0.3 is 0 Å². The highest BCUT2D eigenvalue weighted by Gasteiger charge is 2.07. The molecular weight excluding hydrogens is 291 g/mol. The molecule has 0 atom stereocenters. The van der Waals surface area contributed by atoms with E-state index in [-0.39, 0.29) is 12.4 Å². The summed E-state index contributed by atoms with van der Waals surface area (Å²) >= 11 is 0. The van der Waals surface area contributed by atoms with Gasteiger partial charge in [-0.15, -0.1) is 0 Å². The Hall–Kier alpha value is -2.75. The smallest absolute Gasteiger partial charge is 0.217 e. The van der Waals surface area contributed by atoms with Crippen molar-refractivity contribution in [2.24, 2.45) is 0 Å². The van der Waals surface area contributed by atoms with Gasteiger partial charge in [0.05, 0.1) is 0 Å². The Morgan fingerprint density at radius 2 is 1.78 bits per heavy atom. The highest BCUT2D eigenvalue weighted by atomic mass is 19.1. The number of ether oxygens (including phenoxy) is 1. The molecule has 0 fully saturated rings. The van der Waals surface area contributed by atoms with E-state index >= 15 is 0 Å². The van der Waals surface area contributed by atoms with Crippen LogP contribution in [0.3, 0.4) is 0 Å². The molecule has 0 radical (unpaired) electrons. The van der Waals surface area contributed by atoms with Crippen LogP contribution in [0, 0.1) is 5.82 Å². The van der Waals surface area contributed by atoms with Crippen molar-refractivity contribution < 1.29 is 9.13 Å². The quantitative estimate of drug-likeness (QED) is 0.699. The molecule has 0 amide bonds. The molecule has 0 aliphatic carbocycles. The predicted molar refractivity (Wildman–Crippen MR) is 87.6 cm³/mol. The van der Waals surface area contributed by atoms with Crippen molar-refractivity contribution in [2.75, 3.05) is 0 Å². The number of hydrogen-bond donors (Lipinski definition) is 0. The van der Waals surface area contributed by atoms with Gasteiger partial charge in [-0.05, 0) is 24.1 Å². The van der Waals surface area contributed by atoms with Crippen molar-refractivity contribution in [2.45, 2.75) is 20.0 Å². The summed E-state index contributed by atoms with van der Waals surface area (Å²) in [5, 5.41) is 0. The molecule has 0 aliphatic heterocycles. The summed E-state index contributed by atoms with van der Waals surface area (Å²) in [6, 6.07) is 18.0. The van der Waals surface area contributed by atoms with E-state index in [9.17, 15) is 4.39 Å². The van der Waals surface area contributed by atoms with Gasteiger partial charge in [0.1, 0.15) is 12.4 Å². The second kappa shape index (κ2) is 7.01. The Labute approximate surface area is 134 Å². The highest BCUT2D eigenvalue weighted by Crippen LogP contribution is 2.20. The van der Waals surface area contributed by atoms with Crippen molar-refractivity contribution >= 4 is 0 Å². The molecule has 3 rings (SSSR count). The minimum absolute atomic E-state index is 0.270.